The van der Waals surface area contributed by atoms with Crippen molar-refractivity contribution >= 4 is 17.8 Å². The maximum Gasteiger partial charge on any atom is 0.335 e. The topological polar surface area (TPSA) is 104 Å². The van der Waals surface area contributed by atoms with Gasteiger partial charge in [0.1, 0.15) is 0 Å². The number of amides is 1. The molecule has 0 unspecified atom stereocenters. The van der Waals surface area contributed by atoms with Gasteiger partial charge in [0, 0.05) is 31.7 Å². The molecule has 9 nitrogen and oxygen atoms in total. The summed E-state index contributed by atoms with van der Waals surface area (Å²) in [6.45, 7) is 2.16. The summed E-state index contributed by atoms with van der Waals surface area (Å²) in [5, 5.41) is 21.1. The number of para-hydroxylation sites is 1. The molecule has 0 bridgehead atoms. The number of nitrogens with zero attached hydrogens (tertiary/aromatic N) is 6. The number of aromatic carboxylic acids is 1. The summed E-state index contributed by atoms with van der Waals surface area (Å²) in [5.41, 5.74) is 1.35. The molecule has 142 valence electrons. The molecular weight excluding hydrogens is 360 g/mol. The lowest BCUT2D eigenvalue weighted by atomic mass is 10.1. The molecule has 0 aliphatic carbocycles. The lowest BCUT2D eigenvalue weighted by Crippen LogP contribution is -2.49. The molecule has 0 spiro atoms. The molecule has 1 aromatic heterocycles. The van der Waals surface area contributed by atoms with Gasteiger partial charge in [-0.3, -0.25) is 4.79 Å². The summed E-state index contributed by atoms with van der Waals surface area (Å²) >= 11 is 0. The highest BCUT2D eigenvalue weighted by Gasteiger charge is 2.25. The summed E-state index contributed by atoms with van der Waals surface area (Å²) in [5.74, 6) is -0.594. The van der Waals surface area contributed by atoms with E-state index in [9.17, 15) is 9.59 Å². The quantitative estimate of drug-likeness (QED) is 0.730. The summed E-state index contributed by atoms with van der Waals surface area (Å²) in [6.07, 6.45) is 0. The van der Waals surface area contributed by atoms with Crippen LogP contribution in [0.3, 0.4) is 0 Å². The van der Waals surface area contributed by atoms with E-state index in [2.05, 4.69) is 15.5 Å². The van der Waals surface area contributed by atoms with Crippen LogP contribution in [0, 0.1) is 0 Å². The average Bonchev–Trinajstić information content (AvgIpc) is 3.24. The van der Waals surface area contributed by atoms with E-state index in [0.29, 0.717) is 37.7 Å². The lowest BCUT2D eigenvalue weighted by Gasteiger charge is -2.34. The number of hydrogen-bond acceptors (Lipinski definition) is 6. The van der Waals surface area contributed by atoms with E-state index in [0.717, 1.165) is 5.69 Å². The van der Waals surface area contributed by atoms with Crippen molar-refractivity contribution in [2.45, 2.75) is 0 Å². The number of carboxylic acid groups (broad SMARTS) is 1. The van der Waals surface area contributed by atoms with Crippen molar-refractivity contribution in [3.05, 3.63) is 65.7 Å². The van der Waals surface area contributed by atoms with Gasteiger partial charge in [0.2, 0.25) is 5.95 Å². The Hall–Kier alpha value is -3.75. The minimum Gasteiger partial charge on any atom is -0.478 e. The van der Waals surface area contributed by atoms with Gasteiger partial charge in [0.15, 0.2) is 0 Å². The second kappa shape index (κ2) is 7.47. The number of hydrogen-bond donors (Lipinski definition) is 1. The highest BCUT2D eigenvalue weighted by Crippen LogP contribution is 2.18. The van der Waals surface area contributed by atoms with Crippen molar-refractivity contribution in [3.63, 3.8) is 0 Å². The van der Waals surface area contributed by atoms with E-state index in [1.807, 2.05) is 35.2 Å². The molecule has 1 saturated heterocycles. The van der Waals surface area contributed by atoms with Crippen molar-refractivity contribution in [2.24, 2.45) is 0 Å². The normalized spacial score (nSPS) is 14.1. The van der Waals surface area contributed by atoms with E-state index in [1.54, 1.807) is 21.7 Å². The van der Waals surface area contributed by atoms with Gasteiger partial charge in [0.25, 0.3) is 5.91 Å². The van der Waals surface area contributed by atoms with Crippen molar-refractivity contribution in [3.8, 4) is 5.69 Å². The Bertz CT molecular complexity index is 996. The third-order valence-corrected chi connectivity index (χ3v) is 4.66. The van der Waals surface area contributed by atoms with Crippen LogP contribution in [0.2, 0.25) is 0 Å². The molecule has 9 heteroatoms. The van der Waals surface area contributed by atoms with Crippen molar-refractivity contribution in [1.82, 2.24) is 25.1 Å². The average molecular weight is 378 g/mol. The third kappa shape index (κ3) is 3.41. The number of carboxylic acids is 1. The van der Waals surface area contributed by atoms with Crippen LogP contribution >= 0.6 is 0 Å². The molecule has 0 saturated carbocycles. The Morgan fingerprint density at radius 3 is 2.32 bits per heavy atom. The second-order valence-corrected chi connectivity index (χ2v) is 6.39. The zero-order chi connectivity index (χ0) is 19.5. The monoisotopic (exact) mass is 378 g/mol. The number of benzene rings is 2. The first-order chi connectivity index (χ1) is 13.6. The van der Waals surface area contributed by atoms with Crippen molar-refractivity contribution in [1.29, 1.82) is 0 Å². The standard InChI is InChI=1S/C19H18N6O3/c26-17(14-5-4-6-15(13-14)18(27)28)23-9-11-24(12-10-23)19-20-21-22-25(19)16-7-2-1-3-8-16/h1-8,13H,9-12H2,(H,27,28). The van der Waals surface area contributed by atoms with Crippen LogP contribution in [0.5, 0.6) is 0 Å². The van der Waals surface area contributed by atoms with E-state index < -0.39 is 5.97 Å². The van der Waals surface area contributed by atoms with E-state index >= 15 is 0 Å². The largest absolute Gasteiger partial charge is 0.478 e. The Labute approximate surface area is 160 Å². The number of carbonyl (C=O) groups excluding carboxylic acids is 1. The zero-order valence-electron chi connectivity index (χ0n) is 15.0. The van der Waals surface area contributed by atoms with Gasteiger partial charge in [-0.15, -0.1) is 0 Å². The maximum atomic E-state index is 12.7. The number of anilines is 1. The maximum absolute atomic E-state index is 12.7. The smallest absolute Gasteiger partial charge is 0.335 e. The van der Waals surface area contributed by atoms with Crippen LogP contribution in [0.15, 0.2) is 54.6 Å². The highest BCUT2D eigenvalue weighted by atomic mass is 16.4. The molecule has 0 atom stereocenters. The molecule has 1 N–H and O–H groups in total. The van der Waals surface area contributed by atoms with Crippen LogP contribution in [-0.2, 0) is 0 Å². The van der Waals surface area contributed by atoms with E-state index in [4.69, 9.17) is 5.11 Å². The number of rotatable bonds is 4. The fourth-order valence-corrected chi connectivity index (χ4v) is 3.19. The Morgan fingerprint density at radius 1 is 0.893 bits per heavy atom. The Morgan fingerprint density at radius 2 is 1.61 bits per heavy atom. The van der Waals surface area contributed by atoms with Crippen LogP contribution in [-0.4, -0.2) is 68.3 Å². The first-order valence-corrected chi connectivity index (χ1v) is 8.85. The summed E-state index contributed by atoms with van der Waals surface area (Å²) in [7, 11) is 0. The first-order valence-electron chi connectivity index (χ1n) is 8.85. The molecule has 2 aromatic carbocycles. The van der Waals surface area contributed by atoms with E-state index in [1.165, 1.54) is 12.1 Å². The number of tetrazole rings is 1. The first kappa shape index (κ1) is 17.7. The molecule has 2 heterocycles. The molecule has 0 radical (unpaired) electrons. The van der Waals surface area contributed by atoms with Crippen LogP contribution in [0.4, 0.5) is 5.95 Å². The lowest BCUT2D eigenvalue weighted by molar-refractivity contribution is 0.0697. The summed E-state index contributed by atoms with van der Waals surface area (Å²) < 4.78 is 1.67. The van der Waals surface area contributed by atoms with Crippen LogP contribution in [0.25, 0.3) is 5.69 Å². The molecular formula is C19H18N6O3. The number of carbonyl (C=O) groups is 2. The van der Waals surface area contributed by atoms with Gasteiger partial charge >= 0.3 is 5.97 Å². The predicted octanol–water partition coefficient (Wildman–Crippen LogP) is 1.32. The van der Waals surface area contributed by atoms with E-state index in [-0.39, 0.29) is 11.5 Å². The minimum atomic E-state index is -1.05. The fraction of sp³-hybridized carbons (Fsp3) is 0.211. The van der Waals surface area contributed by atoms with Gasteiger partial charge in [-0.1, -0.05) is 29.4 Å². The summed E-state index contributed by atoms with van der Waals surface area (Å²) in [4.78, 5) is 27.6. The molecule has 1 aliphatic rings. The Kier molecular flexibility index (Phi) is 4.71. The van der Waals surface area contributed by atoms with Gasteiger partial charge in [-0.05, 0) is 40.8 Å². The third-order valence-electron chi connectivity index (χ3n) is 4.66. The van der Waals surface area contributed by atoms with Gasteiger partial charge < -0.3 is 14.9 Å². The second-order valence-electron chi connectivity index (χ2n) is 6.39. The van der Waals surface area contributed by atoms with Gasteiger partial charge in [-0.25, -0.2) is 4.79 Å². The molecule has 28 heavy (non-hydrogen) atoms. The molecule has 1 fully saturated rings. The Balaban J connectivity index is 1.46. The molecule has 1 amide bonds. The molecule has 3 aromatic rings. The SMILES string of the molecule is O=C(O)c1cccc(C(=O)N2CCN(c3nnnn3-c3ccccc3)CC2)c1. The predicted molar refractivity (Wildman–Crippen MR) is 101 cm³/mol. The van der Waals surface area contributed by atoms with Crippen LogP contribution in [0.1, 0.15) is 20.7 Å². The molecule has 1 aliphatic heterocycles. The number of aromatic nitrogens is 4. The van der Waals surface area contributed by atoms with Crippen molar-refractivity contribution < 1.29 is 14.7 Å². The highest BCUT2D eigenvalue weighted by molar-refractivity contribution is 5.97. The zero-order valence-corrected chi connectivity index (χ0v) is 15.0. The molecule has 4 rings (SSSR count). The fourth-order valence-electron chi connectivity index (χ4n) is 3.19. The van der Waals surface area contributed by atoms with Crippen molar-refractivity contribution in [2.75, 3.05) is 31.1 Å². The van der Waals surface area contributed by atoms with Gasteiger partial charge in [0.05, 0.1) is 11.3 Å². The summed E-state index contributed by atoms with van der Waals surface area (Å²) in [6, 6.07) is 15.7. The van der Waals surface area contributed by atoms with Gasteiger partial charge in [-0.2, -0.15) is 4.68 Å². The van der Waals surface area contributed by atoms with Crippen LogP contribution < -0.4 is 4.90 Å². The minimum absolute atomic E-state index is 0.103. The number of piperazine rings is 1.